The number of hydrogen-bond acceptors (Lipinski definition) is 1. The second-order valence-corrected chi connectivity index (χ2v) is 5.15. The van der Waals surface area contributed by atoms with Gasteiger partial charge in [-0.15, -0.1) is 0 Å². The molecule has 1 heteroatoms. The summed E-state index contributed by atoms with van der Waals surface area (Å²) in [6.45, 7) is 8.54. The van der Waals surface area contributed by atoms with Crippen LogP contribution in [0.25, 0.3) is 0 Å². The molecule has 2 N–H and O–H groups in total. The Bertz CT molecular complexity index is 547. The van der Waals surface area contributed by atoms with Crippen molar-refractivity contribution < 1.29 is 0 Å². The molecule has 0 amide bonds. The van der Waals surface area contributed by atoms with E-state index < -0.39 is 0 Å². The second kappa shape index (κ2) is 4.95. The maximum atomic E-state index is 6.47. The summed E-state index contributed by atoms with van der Waals surface area (Å²) in [7, 11) is 0. The van der Waals surface area contributed by atoms with Crippen LogP contribution in [0, 0.1) is 27.7 Å². The largest absolute Gasteiger partial charge is 0.320 e. The summed E-state index contributed by atoms with van der Waals surface area (Å²) in [5.41, 5.74) is 14.1. The van der Waals surface area contributed by atoms with Crippen molar-refractivity contribution in [3.8, 4) is 0 Å². The maximum Gasteiger partial charge on any atom is 0.0559 e. The molecule has 1 atom stereocenters. The maximum absolute atomic E-state index is 6.47. The third kappa shape index (κ3) is 2.32. The van der Waals surface area contributed by atoms with Crippen LogP contribution >= 0.6 is 0 Å². The minimum atomic E-state index is -0.0354. The molecule has 0 spiro atoms. The van der Waals surface area contributed by atoms with Gasteiger partial charge in [-0.3, -0.25) is 0 Å². The van der Waals surface area contributed by atoms with Gasteiger partial charge in [0.05, 0.1) is 6.04 Å². The van der Waals surface area contributed by atoms with Crippen molar-refractivity contribution in [3.63, 3.8) is 0 Å². The van der Waals surface area contributed by atoms with Crippen LogP contribution in [0.3, 0.4) is 0 Å². The van der Waals surface area contributed by atoms with Crippen LogP contribution in [0.15, 0.2) is 36.4 Å². The van der Waals surface area contributed by atoms with Gasteiger partial charge in [0.2, 0.25) is 0 Å². The fraction of sp³-hybridized carbons (Fsp3) is 0.294. The van der Waals surface area contributed by atoms with Crippen molar-refractivity contribution in [2.24, 2.45) is 5.73 Å². The standard InChI is InChI=1S/C17H21N/c1-11-9-13(3)16(14(4)10-11)17(18)15-8-6-5-7-12(15)2/h5-10,17H,18H2,1-4H3. The van der Waals surface area contributed by atoms with Crippen LogP contribution in [0.2, 0.25) is 0 Å². The first kappa shape index (κ1) is 12.8. The van der Waals surface area contributed by atoms with E-state index in [2.05, 4.69) is 64.1 Å². The number of nitrogens with two attached hydrogens (primary N) is 1. The van der Waals surface area contributed by atoms with Crippen LogP contribution in [0.4, 0.5) is 0 Å². The molecule has 0 aromatic heterocycles. The lowest BCUT2D eigenvalue weighted by Gasteiger charge is -2.20. The van der Waals surface area contributed by atoms with E-state index in [1.54, 1.807) is 0 Å². The van der Waals surface area contributed by atoms with Gasteiger partial charge in [-0.1, -0.05) is 42.0 Å². The quantitative estimate of drug-likeness (QED) is 0.843. The first-order chi connectivity index (χ1) is 8.50. The predicted molar refractivity (Wildman–Crippen MR) is 77.9 cm³/mol. The second-order valence-electron chi connectivity index (χ2n) is 5.15. The highest BCUT2D eigenvalue weighted by atomic mass is 14.6. The average Bonchev–Trinajstić information content (AvgIpc) is 2.27. The molecule has 0 aliphatic heterocycles. The Hall–Kier alpha value is -1.60. The molecule has 0 aliphatic carbocycles. The Morgan fingerprint density at radius 2 is 1.39 bits per heavy atom. The molecular formula is C17H21N. The Morgan fingerprint density at radius 3 is 1.94 bits per heavy atom. The first-order valence-electron chi connectivity index (χ1n) is 6.39. The zero-order valence-corrected chi connectivity index (χ0v) is 11.6. The van der Waals surface area contributed by atoms with Crippen LogP contribution in [-0.4, -0.2) is 0 Å². The molecule has 0 saturated heterocycles. The van der Waals surface area contributed by atoms with E-state index in [0.29, 0.717) is 0 Å². The topological polar surface area (TPSA) is 26.0 Å². The van der Waals surface area contributed by atoms with E-state index in [9.17, 15) is 0 Å². The first-order valence-corrected chi connectivity index (χ1v) is 6.39. The van der Waals surface area contributed by atoms with Gasteiger partial charge < -0.3 is 5.73 Å². The van der Waals surface area contributed by atoms with Gasteiger partial charge in [0, 0.05) is 0 Å². The summed E-state index contributed by atoms with van der Waals surface area (Å²) in [4.78, 5) is 0. The fourth-order valence-corrected chi connectivity index (χ4v) is 2.77. The third-order valence-electron chi connectivity index (χ3n) is 3.57. The molecule has 0 aliphatic rings. The molecule has 0 bridgehead atoms. The highest BCUT2D eigenvalue weighted by molar-refractivity contribution is 5.45. The normalized spacial score (nSPS) is 12.5. The van der Waals surface area contributed by atoms with Crippen LogP contribution in [0.5, 0.6) is 0 Å². The van der Waals surface area contributed by atoms with Gasteiger partial charge in [0.25, 0.3) is 0 Å². The van der Waals surface area contributed by atoms with Crippen molar-refractivity contribution in [2.45, 2.75) is 33.7 Å². The van der Waals surface area contributed by atoms with Gasteiger partial charge in [-0.05, 0) is 55.5 Å². The lowest BCUT2D eigenvalue weighted by Crippen LogP contribution is -2.16. The van der Waals surface area contributed by atoms with Gasteiger partial charge in [0.15, 0.2) is 0 Å². The van der Waals surface area contributed by atoms with Gasteiger partial charge in [-0.25, -0.2) is 0 Å². The van der Waals surface area contributed by atoms with E-state index in [1.807, 2.05) is 0 Å². The molecule has 2 aromatic rings. The Kier molecular flexibility index (Phi) is 3.53. The Labute approximate surface area is 110 Å². The zero-order valence-electron chi connectivity index (χ0n) is 11.6. The van der Waals surface area contributed by atoms with Crippen LogP contribution in [0.1, 0.15) is 39.4 Å². The van der Waals surface area contributed by atoms with E-state index >= 15 is 0 Å². The van der Waals surface area contributed by atoms with Crippen LogP contribution in [-0.2, 0) is 0 Å². The lowest BCUT2D eigenvalue weighted by atomic mass is 9.89. The molecule has 0 fully saturated rings. The summed E-state index contributed by atoms with van der Waals surface area (Å²) >= 11 is 0. The molecular weight excluding hydrogens is 218 g/mol. The zero-order chi connectivity index (χ0) is 13.3. The number of hydrogen-bond donors (Lipinski definition) is 1. The number of benzene rings is 2. The van der Waals surface area contributed by atoms with E-state index in [0.717, 1.165) is 0 Å². The van der Waals surface area contributed by atoms with Gasteiger partial charge in [0.1, 0.15) is 0 Å². The molecule has 0 radical (unpaired) electrons. The number of aryl methyl sites for hydroxylation is 4. The predicted octanol–water partition coefficient (Wildman–Crippen LogP) is 3.97. The molecule has 1 nitrogen and oxygen atoms in total. The molecule has 0 saturated carbocycles. The van der Waals surface area contributed by atoms with Crippen molar-refractivity contribution in [1.82, 2.24) is 0 Å². The van der Waals surface area contributed by atoms with E-state index in [-0.39, 0.29) is 6.04 Å². The van der Waals surface area contributed by atoms with Gasteiger partial charge >= 0.3 is 0 Å². The summed E-state index contributed by atoms with van der Waals surface area (Å²) in [5, 5.41) is 0. The monoisotopic (exact) mass is 239 g/mol. The van der Waals surface area contributed by atoms with E-state index in [1.165, 1.54) is 33.4 Å². The molecule has 94 valence electrons. The lowest BCUT2D eigenvalue weighted by molar-refractivity contribution is 0.842. The highest BCUT2D eigenvalue weighted by Gasteiger charge is 2.15. The molecule has 18 heavy (non-hydrogen) atoms. The van der Waals surface area contributed by atoms with Crippen molar-refractivity contribution in [2.75, 3.05) is 0 Å². The SMILES string of the molecule is Cc1cc(C)c(C(N)c2ccccc2C)c(C)c1. The number of rotatable bonds is 2. The Morgan fingerprint density at radius 1 is 0.833 bits per heavy atom. The molecule has 2 rings (SSSR count). The van der Waals surface area contributed by atoms with Crippen molar-refractivity contribution in [3.05, 3.63) is 69.8 Å². The summed E-state index contributed by atoms with van der Waals surface area (Å²) in [6.07, 6.45) is 0. The Balaban J connectivity index is 2.53. The van der Waals surface area contributed by atoms with Crippen LogP contribution < -0.4 is 5.73 Å². The fourth-order valence-electron chi connectivity index (χ4n) is 2.77. The van der Waals surface area contributed by atoms with Crippen molar-refractivity contribution >= 4 is 0 Å². The highest BCUT2D eigenvalue weighted by Crippen LogP contribution is 2.28. The summed E-state index contributed by atoms with van der Waals surface area (Å²) in [5.74, 6) is 0. The smallest absolute Gasteiger partial charge is 0.0559 e. The molecule has 2 aromatic carbocycles. The summed E-state index contributed by atoms with van der Waals surface area (Å²) < 4.78 is 0. The van der Waals surface area contributed by atoms with E-state index in [4.69, 9.17) is 5.73 Å². The minimum Gasteiger partial charge on any atom is -0.320 e. The van der Waals surface area contributed by atoms with Gasteiger partial charge in [-0.2, -0.15) is 0 Å². The molecule has 1 unspecified atom stereocenters. The summed E-state index contributed by atoms with van der Waals surface area (Å²) in [6, 6.07) is 12.7. The minimum absolute atomic E-state index is 0.0354. The molecule has 0 heterocycles. The average molecular weight is 239 g/mol. The third-order valence-corrected chi connectivity index (χ3v) is 3.57. The van der Waals surface area contributed by atoms with Crippen molar-refractivity contribution in [1.29, 1.82) is 0 Å².